The summed E-state index contributed by atoms with van der Waals surface area (Å²) in [6.07, 6.45) is 0.725. The van der Waals surface area contributed by atoms with Crippen molar-refractivity contribution in [1.82, 2.24) is 4.81 Å². The van der Waals surface area contributed by atoms with Gasteiger partial charge in [0.2, 0.25) is 0 Å². The Morgan fingerprint density at radius 3 is 2.75 bits per heavy atom. The molecule has 0 aromatic heterocycles. The average Bonchev–Trinajstić information content (AvgIpc) is 2.47. The zero-order chi connectivity index (χ0) is 14.5. The van der Waals surface area contributed by atoms with E-state index in [0.29, 0.717) is 13.2 Å². The van der Waals surface area contributed by atoms with Gasteiger partial charge in [0.15, 0.2) is 0 Å². The fourth-order valence-corrected chi connectivity index (χ4v) is 2.89. The predicted octanol–water partition coefficient (Wildman–Crippen LogP) is 1.77. The number of piperidine rings is 1. The second-order valence-electron chi connectivity index (χ2n) is 5.29. The molecular weight excluding hydrogens is 253 g/mol. The molecule has 0 saturated carbocycles. The van der Waals surface area contributed by atoms with Crippen LogP contribution in [0.25, 0.3) is 0 Å². The van der Waals surface area contributed by atoms with E-state index >= 15 is 0 Å². The van der Waals surface area contributed by atoms with Crippen LogP contribution in [-0.2, 0) is 9.53 Å². The standard InChI is InChI=1S/C15H22BNO3/c1-3-20-15(18)13-9-10-17(16(2)19)11-14(13)12-7-5-4-6-8-12/h4-8,13-14,19H,3,9-11H2,1-2H3/t13-,14-/m1/s1. The number of rotatable bonds is 4. The van der Waals surface area contributed by atoms with Crippen LogP contribution < -0.4 is 0 Å². The van der Waals surface area contributed by atoms with Crippen LogP contribution in [0.1, 0.15) is 24.8 Å². The second-order valence-corrected chi connectivity index (χ2v) is 5.29. The highest BCUT2D eigenvalue weighted by molar-refractivity contribution is 6.45. The smallest absolute Gasteiger partial charge is 0.376 e. The largest absolute Gasteiger partial charge is 0.466 e. The zero-order valence-electron chi connectivity index (χ0n) is 12.2. The van der Waals surface area contributed by atoms with Crippen molar-refractivity contribution in [3.05, 3.63) is 35.9 Å². The van der Waals surface area contributed by atoms with Gasteiger partial charge < -0.3 is 14.6 Å². The van der Waals surface area contributed by atoms with Crippen molar-refractivity contribution in [3.8, 4) is 0 Å². The molecule has 1 heterocycles. The summed E-state index contributed by atoms with van der Waals surface area (Å²) in [4.78, 5) is 14.2. The number of hydrogen-bond acceptors (Lipinski definition) is 4. The fourth-order valence-electron chi connectivity index (χ4n) is 2.89. The third-order valence-corrected chi connectivity index (χ3v) is 3.99. The van der Waals surface area contributed by atoms with Crippen LogP contribution in [0.3, 0.4) is 0 Å². The van der Waals surface area contributed by atoms with Crippen molar-refractivity contribution < 1.29 is 14.6 Å². The molecule has 2 rings (SSSR count). The van der Waals surface area contributed by atoms with E-state index in [-0.39, 0.29) is 17.8 Å². The van der Waals surface area contributed by atoms with E-state index in [4.69, 9.17) is 4.74 Å². The lowest BCUT2D eigenvalue weighted by Gasteiger charge is -2.38. The molecule has 1 fully saturated rings. The molecule has 0 aliphatic carbocycles. The Labute approximate surface area is 120 Å². The van der Waals surface area contributed by atoms with Crippen LogP contribution in [0, 0.1) is 5.92 Å². The Bertz CT molecular complexity index is 438. The lowest BCUT2D eigenvalue weighted by atomic mass is 9.74. The van der Waals surface area contributed by atoms with Crippen LogP contribution in [-0.4, -0.2) is 42.6 Å². The predicted molar refractivity (Wildman–Crippen MR) is 79.3 cm³/mol. The van der Waals surface area contributed by atoms with Crippen molar-refractivity contribution in [2.24, 2.45) is 5.92 Å². The van der Waals surface area contributed by atoms with E-state index < -0.39 is 7.05 Å². The first-order chi connectivity index (χ1) is 9.63. The van der Waals surface area contributed by atoms with Crippen LogP contribution in [0.4, 0.5) is 0 Å². The van der Waals surface area contributed by atoms with E-state index in [1.54, 1.807) is 6.82 Å². The number of carbonyl (C=O) groups is 1. The van der Waals surface area contributed by atoms with Gasteiger partial charge in [-0.15, -0.1) is 0 Å². The molecule has 2 atom stereocenters. The number of benzene rings is 1. The number of ether oxygens (including phenoxy) is 1. The molecular formula is C15H22BNO3. The van der Waals surface area contributed by atoms with Gasteiger partial charge in [-0.25, -0.2) is 0 Å². The highest BCUT2D eigenvalue weighted by Gasteiger charge is 2.37. The van der Waals surface area contributed by atoms with Gasteiger partial charge in [-0.2, -0.15) is 0 Å². The summed E-state index contributed by atoms with van der Waals surface area (Å²) in [6, 6.07) is 10.0. The van der Waals surface area contributed by atoms with Gasteiger partial charge in [0.05, 0.1) is 12.5 Å². The van der Waals surface area contributed by atoms with E-state index in [2.05, 4.69) is 0 Å². The van der Waals surface area contributed by atoms with Crippen LogP contribution in [0.5, 0.6) is 0 Å². The SMILES string of the molecule is CCOC(=O)[C@@H]1CCN(B(C)O)C[C@@H]1c1ccccc1. The van der Waals surface area contributed by atoms with Gasteiger partial charge in [0.25, 0.3) is 0 Å². The van der Waals surface area contributed by atoms with Crippen LogP contribution in [0.15, 0.2) is 30.3 Å². The molecule has 1 aliphatic heterocycles. The van der Waals surface area contributed by atoms with Crippen molar-refractivity contribution in [2.45, 2.75) is 26.1 Å². The molecule has 108 valence electrons. The van der Waals surface area contributed by atoms with Gasteiger partial charge in [-0.1, -0.05) is 30.3 Å². The first kappa shape index (κ1) is 15.1. The number of hydrogen-bond donors (Lipinski definition) is 1. The second kappa shape index (κ2) is 6.91. The summed E-state index contributed by atoms with van der Waals surface area (Å²) >= 11 is 0. The first-order valence-corrected chi connectivity index (χ1v) is 7.27. The maximum Gasteiger partial charge on any atom is 0.376 e. The van der Waals surface area contributed by atoms with E-state index in [9.17, 15) is 9.82 Å². The fraction of sp³-hybridized carbons (Fsp3) is 0.533. The molecule has 0 spiro atoms. The highest BCUT2D eigenvalue weighted by Crippen LogP contribution is 2.33. The van der Waals surface area contributed by atoms with Crippen molar-refractivity contribution in [2.75, 3.05) is 19.7 Å². The topological polar surface area (TPSA) is 49.8 Å². The normalized spacial score (nSPS) is 23.4. The summed E-state index contributed by atoms with van der Waals surface area (Å²) < 4.78 is 5.21. The molecule has 0 bridgehead atoms. The minimum absolute atomic E-state index is 0.0820. The monoisotopic (exact) mass is 275 g/mol. The van der Waals surface area contributed by atoms with E-state index in [1.165, 1.54) is 0 Å². The molecule has 20 heavy (non-hydrogen) atoms. The Morgan fingerprint density at radius 1 is 1.45 bits per heavy atom. The third kappa shape index (κ3) is 3.41. The summed E-state index contributed by atoms with van der Waals surface area (Å²) in [7, 11) is -0.482. The molecule has 1 aliphatic rings. The van der Waals surface area contributed by atoms with Gasteiger partial charge in [-0.05, 0) is 38.8 Å². The highest BCUT2D eigenvalue weighted by atomic mass is 16.5. The maximum absolute atomic E-state index is 12.2. The average molecular weight is 275 g/mol. The Kier molecular flexibility index (Phi) is 5.20. The minimum Gasteiger partial charge on any atom is -0.466 e. The Balaban J connectivity index is 2.20. The van der Waals surface area contributed by atoms with Gasteiger partial charge in [-0.3, -0.25) is 4.79 Å². The van der Waals surface area contributed by atoms with E-state index in [1.807, 2.05) is 42.1 Å². The molecule has 1 aromatic rings. The van der Waals surface area contributed by atoms with Gasteiger partial charge >= 0.3 is 13.0 Å². The zero-order valence-corrected chi connectivity index (χ0v) is 12.2. The van der Waals surface area contributed by atoms with E-state index in [0.717, 1.165) is 18.5 Å². The number of nitrogens with zero attached hydrogens (tertiary/aromatic N) is 1. The Hall–Kier alpha value is -1.33. The third-order valence-electron chi connectivity index (χ3n) is 3.99. The van der Waals surface area contributed by atoms with Crippen LogP contribution in [0.2, 0.25) is 6.82 Å². The van der Waals surface area contributed by atoms with Crippen molar-refractivity contribution in [3.63, 3.8) is 0 Å². The van der Waals surface area contributed by atoms with Crippen molar-refractivity contribution in [1.29, 1.82) is 0 Å². The molecule has 1 aromatic carbocycles. The molecule has 0 radical (unpaired) electrons. The van der Waals surface area contributed by atoms with Gasteiger partial charge in [0, 0.05) is 5.92 Å². The minimum atomic E-state index is -0.482. The lowest BCUT2D eigenvalue weighted by Crippen LogP contribution is -2.48. The molecule has 1 N–H and O–H groups in total. The molecule has 0 unspecified atom stereocenters. The van der Waals surface area contributed by atoms with Gasteiger partial charge in [0.1, 0.15) is 0 Å². The Morgan fingerprint density at radius 2 is 2.15 bits per heavy atom. The van der Waals surface area contributed by atoms with Crippen LogP contribution >= 0.6 is 0 Å². The maximum atomic E-state index is 12.2. The number of esters is 1. The quantitative estimate of drug-likeness (QED) is 0.672. The molecule has 4 nitrogen and oxygen atoms in total. The van der Waals surface area contributed by atoms with Crippen molar-refractivity contribution >= 4 is 13.0 Å². The molecule has 5 heteroatoms. The first-order valence-electron chi connectivity index (χ1n) is 7.27. The molecule has 1 saturated heterocycles. The number of carbonyl (C=O) groups excluding carboxylic acids is 1. The summed E-state index contributed by atoms with van der Waals surface area (Å²) in [6.45, 7) is 5.43. The summed E-state index contributed by atoms with van der Waals surface area (Å²) in [5.74, 6) is -0.155. The lowest BCUT2D eigenvalue weighted by molar-refractivity contribution is -0.150. The summed E-state index contributed by atoms with van der Waals surface area (Å²) in [5, 5.41) is 9.78. The summed E-state index contributed by atoms with van der Waals surface area (Å²) in [5.41, 5.74) is 1.14. The molecule has 0 amide bonds.